The fourth-order valence-corrected chi connectivity index (χ4v) is 2.87. The smallest absolute Gasteiger partial charge is 0.0797 e. The van der Waals surface area contributed by atoms with E-state index in [0.29, 0.717) is 0 Å². The highest BCUT2D eigenvalue weighted by molar-refractivity contribution is 7.09. The zero-order valence-electron chi connectivity index (χ0n) is 8.75. The Hall–Kier alpha value is -0.410. The molecule has 0 aromatic carbocycles. The van der Waals surface area contributed by atoms with Crippen LogP contribution in [0.3, 0.4) is 0 Å². The maximum absolute atomic E-state index is 4.28. The first-order valence-electron chi connectivity index (χ1n) is 5.46. The molecular weight excluding hydrogens is 192 g/mol. The van der Waals surface area contributed by atoms with E-state index in [1.807, 2.05) is 5.51 Å². The number of hydrogen-bond donors (Lipinski definition) is 1. The molecule has 0 bridgehead atoms. The van der Waals surface area contributed by atoms with Crippen molar-refractivity contribution in [2.24, 2.45) is 5.92 Å². The van der Waals surface area contributed by atoms with E-state index in [9.17, 15) is 0 Å². The first-order chi connectivity index (χ1) is 6.86. The highest BCUT2D eigenvalue weighted by Crippen LogP contribution is 2.20. The topological polar surface area (TPSA) is 24.9 Å². The van der Waals surface area contributed by atoms with Gasteiger partial charge < -0.3 is 5.32 Å². The van der Waals surface area contributed by atoms with Crippen molar-refractivity contribution in [3.05, 3.63) is 16.1 Å². The summed E-state index contributed by atoms with van der Waals surface area (Å²) in [5.41, 5.74) is 3.20. The lowest BCUT2D eigenvalue weighted by Crippen LogP contribution is -2.29. The van der Waals surface area contributed by atoms with E-state index in [0.717, 1.165) is 5.92 Å². The van der Waals surface area contributed by atoms with Gasteiger partial charge in [0.25, 0.3) is 0 Å². The molecule has 78 valence electrons. The van der Waals surface area contributed by atoms with Gasteiger partial charge in [0.15, 0.2) is 0 Å². The van der Waals surface area contributed by atoms with Crippen LogP contribution >= 0.6 is 11.3 Å². The molecule has 1 aromatic rings. The Balaban J connectivity index is 1.79. The minimum Gasteiger partial charge on any atom is -0.316 e. The van der Waals surface area contributed by atoms with Crippen LogP contribution in [0.2, 0.25) is 0 Å². The van der Waals surface area contributed by atoms with Crippen LogP contribution in [0.15, 0.2) is 5.51 Å². The molecule has 0 saturated carbocycles. The number of piperidine rings is 1. The Morgan fingerprint density at radius 1 is 1.64 bits per heavy atom. The molecule has 1 saturated heterocycles. The summed E-state index contributed by atoms with van der Waals surface area (Å²) in [7, 11) is 0. The summed E-state index contributed by atoms with van der Waals surface area (Å²) >= 11 is 1.81. The van der Waals surface area contributed by atoms with Gasteiger partial charge in [-0.15, -0.1) is 11.3 Å². The molecule has 0 spiro atoms. The molecule has 2 nitrogen and oxygen atoms in total. The van der Waals surface area contributed by atoms with Crippen LogP contribution in [0.4, 0.5) is 0 Å². The number of rotatable bonds is 3. The van der Waals surface area contributed by atoms with Gasteiger partial charge in [-0.1, -0.05) is 0 Å². The molecule has 0 amide bonds. The number of thiazole rings is 1. The summed E-state index contributed by atoms with van der Waals surface area (Å²) in [5, 5.41) is 3.47. The second kappa shape index (κ2) is 4.89. The van der Waals surface area contributed by atoms with Crippen LogP contribution in [-0.4, -0.2) is 18.1 Å². The SMILES string of the molecule is Cc1ncsc1CCC1CCCNC1. The van der Waals surface area contributed by atoms with Gasteiger partial charge in [-0.25, -0.2) is 4.98 Å². The van der Waals surface area contributed by atoms with E-state index in [1.54, 1.807) is 11.3 Å². The molecule has 1 atom stereocenters. The maximum Gasteiger partial charge on any atom is 0.0797 e. The van der Waals surface area contributed by atoms with Gasteiger partial charge in [-0.05, 0) is 51.6 Å². The quantitative estimate of drug-likeness (QED) is 0.828. The van der Waals surface area contributed by atoms with Crippen molar-refractivity contribution in [3.63, 3.8) is 0 Å². The van der Waals surface area contributed by atoms with Crippen molar-refractivity contribution in [1.82, 2.24) is 10.3 Å². The first-order valence-corrected chi connectivity index (χ1v) is 6.34. The van der Waals surface area contributed by atoms with Crippen LogP contribution < -0.4 is 5.32 Å². The van der Waals surface area contributed by atoms with Crippen molar-refractivity contribution in [2.75, 3.05) is 13.1 Å². The van der Waals surface area contributed by atoms with Crippen molar-refractivity contribution in [2.45, 2.75) is 32.6 Å². The Bertz CT molecular complexity index is 277. The van der Waals surface area contributed by atoms with E-state index in [4.69, 9.17) is 0 Å². The lowest BCUT2D eigenvalue weighted by molar-refractivity contribution is 0.358. The van der Waals surface area contributed by atoms with Crippen LogP contribution in [0.5, 0.6) is 0 Å². The summed E-state index contributed by atoms with van der Waals surface area (Å²) in [6.45, 7) is 4.55. The number of hydrogen-bond acceptors (Lipinski definition) is 3. The third-order valence-electron chi connectivity index (χ3n) is 3.02. The number of aromatic nitrogens is 1. The van der Waals surface area contributed by atoms with Gasteiger partial charge in [0.1, 0.15) is 0 Å². The summed E-state index contributed by atoms with van der Waals surface area (Å²) < 4.78 is 0. The van der Waals surface area contributed by atoms with Crippen LogP contribution in [0, 0.1) is 12.8 Å². The van der Waals surface area contributed by atoms with Gasteiger partial charge in [0.05, 0.1) is 11.2 Å². The molecular formula is C11H18N2S. The second-order valence-corrected chi connectivity index (χ2v) is 5.05. The highest BCUT2D eigenvalue weighted by Gasteiger charge is 2.13. The molecule has 1 aliphatic rings. The number of aryl methyl sites for hydroxylation is 2. The number of nitrogens with one attached hydrogen (secondary N) is 1. The van der Waals surface area contributed by atoms with Gasteiger partial charge in [0, 0.05) is 4.88 Å². The van der Waals surface area contributed by atoms with Crippen LogP contribution in [0.25, 0.3) is 0 Å². The minimum absolute atomic E-state index is 0.894. The largest absolute Gasteiger partial charge is 0.316 e. The van der Waals surface area contributed by atoms with Crippen LogP contribution in [-0.2, 0) is 6.42 Å². The Labute approximate surface area is 89.8 Å². The molecule has 2 heterocycles. The molecule has 2 rings (SSSR count). The zero-order chi connectivity index (χ0) is 9.80. The molecule has 1 unspecified atom stereocenters. The van der Waals surface area contributed by atoms with Crippen molar-refractivity contribution >= 4 is 11.3 Å². The van der Waals surface area contributed by atoms with Crippen molar-refractivity contribution in [3.8, 4) is 0 Å². The van der Waals surface area contributed by atoms with Crippen LogP contribution in [0.1, 0.15) is 29.8 Å². The average molecular weight is 210 g/mol. The molecule has 1 fully saturated rings. The minimum atomic E-state index is 0.894. The molecule has 1 N–H and O–H groups in total. The van der Waals surface area contributed by atoms with Gasteiger partial charge in [-0.2, -0.15) is 0 Å². The fourth-order valence-electron chi connectivity index (χ4n) is 2.07. The molecule has 1 aromatic heterocycles. The molecule has 0 radical (unpaired) electrons. The third kappa shape index (κ3) is 2.55. The van der Waals surface area contributed by atoms with E-state index in [2.05, 4.69) is 17.2 Å². The van der Waals surface area contributed by atoms with Gasteiger partial charge in [-0.3, -0.25) is 0 Å². The van der Waals surface area contributed by atoms with Crippen molar-refractivity contribution < 1.29 is 0 Å². The summed E-state index contributed by atoms with van der Waals surface area (Å²) in [6.07, 6.45) is 5.32. The van der Waals surface area contributed by atoms with Gasteiger partial charge in [0.2, 0.25) is 0 Å². The summed E-state index contributed by atoms with van der Waals surface area (Å²) in [5.74, 6) is 0.894. The fraction of sp³-hybridized carbons (Fsp3) is 0.727. The lowest BCUT2D eigenvalue weighted by atomic mass is 9.94. The normalized spacial score (nSPS) is 22.5. The summed E-state index contributed by atoms with van der Waals surface area (Å²) in [4.78, 5) is 5.77. The Morgan fingerprint density at radius 3 is 3.21 bits per heavy atom. The first kappa shape index (κ1) is 10.1. The Morgan fingerprint density at radius 2 is 2.57 bits per heavy atom. The predicted molar refractivity (Wildman–Crippen MR) is 60.8 cm³/mol. The second-order valence-electron chi connectivity index (χ2n) is 4.11. The predicted octanol–water partition coefficient (Wildman–Crippen LogP) is 2.38. The molecule has 1 aliphatic heterocycles. The van der Waals surface area contributed by atoms with E-state index >= 15 is 0 Å². The average Bonchev–Trinajstić information content (AvgIpc) is 2.63. The monoisotopic (exact) mass is 210 g/mol. The third-order valence-corrected chi connectivity index (χ3v) is 4.02. The maximum atomic E-state index is 4.28. The van der Waals surface area contributed by atoms with E-state index in [-0.39, 0.29) is 0 Å². The van der Waals surface area contributed by atoms with Gasteiger partial charge >= 0.3 is 0 Å². The molecule has 0 aliphatic carbocycles. The summed E-state index contributed by atoms with van der Waals surface area (Å²) in [6, 6.07) is 0. The number of nitrogens with zero attached hydrogens (tertiary/aromatic N) is 1. The zero-order valence-corrected chi connectivity index (χ0v) is 9.57. The molecule has 3 heteroatoms. The van der Waals surface area contributed by atoms with E-state index in [1.165, 1.54) is 49.3 Å². The highest BCUT2D eigenvalue weighted by atomic mass is 32.1. The Kier molecular flexibility index (Phi) is 3.54. The van der Waals surface area contributed by atoms with Crippen molar-refractivity contribution in [1.29, 1.82) is 0 Å². The van der Waals surface area contributed by atoms with E-state index < -0.39 is 0 Å². The lowest BCUT2D eigenvalue weighted by Gasteiger charge is -2.22. The standard InChI is InChI=1S/C11H18N2S/c1-9-11(14-8-13-9)5-4-10-3-2-6-12-7-10/h8,10,12H,2-7H2,1H3. The molecule has 14 heavy (non-hydrogen) atoms.